The summed E-state index contributed by atoms with van der Waals surface area (Å²) in [4.78, 5) is 0. The van der Waals surface area contributed by atoms with E-state index in [9.17, 15) is 4.57 Å². The second-order valence-corrected chi connectivity index (χ2v) is 4.50. The van der Waals surface area contributed by atoms with E-state index < -0.39 is 13.4 Å². The van der Waals surface area contributed by atoms with Crippen molar-refractivity contribution in [1.82, 2.24) is 0 Å². The van der Waals surface area contributed by atoms with E-state index >= 15 is 0 Å². The summed E-state index contributed by atoms with van der Waals surface area (Å²) in [6.07, 6.45) is 2.87. The fourth-order valence-electron chi connectivity index (χ4n) is 0.564. The molecular formula is C8H14ClO4P. The van der Waals surface area contributed by atoms with Crippen molar-refractivity contribution < 1.29 is 18.1 Å². The van der Waals surface area contributed by atoms with Crippen LogP contribution >= 0.6 is 19.4 Å². The van der Waals surface area contributed by atoms with Crippen molar-refractivity contribution in [1.29, 1.82) is 0 Å². The molecule has 82 valence electrons. The van der Waals surface area contributed by atoms with E-state index in [0.29, 0.717) is 0 Å². The lowest BCUT2D eigenvalue weighted by Crippen LogP contribution is -2.04. The van der Waals surface area contributed by atoms with Crippen LogP contribution in [-0.2, 0) is 18.1 Å². The smallest absolute Gasteiger partial charge is 0.283 e. The zero-order valence-electron chi connectivity index (χ0n) is 8.02. The molecular weight excluding hydrogens is 227 g/mol. The van der Waals surface area contributed by atoms with Gasteiger partial charge in [-0.05, 0) is 6.92 Å². The van der Waals surface area contributed by atoms with Crippen molar-refractivity contribution in [2.45, 2.75) is 12.5 Å². The first kappa shape index (κ1) is 13.9. The first-order valence-corrected chi connectivity index (χ1v) is 5.87. The van der Waals surface area contributed by atoms with Crippen LogP contribution in [0.25, 0.3) is 0 Å². The highest BCUT2D eigenvalue weighted by atomic mass is 35.5. The van der Waals surface area contributed by atoms with Crippen LogP contribution in [-0.4, -0.2) is 18.8 Å². The lowest BCUT2D eigenvalue weighted by atomic mass is 10.7. The lowest BCUT2D eigenvalue weighted by Gasteiger charge is -2.17. The second kappa shape index (κ2) is 7.21. The zero-order valence-corrected chi connectivity index (χ0v) is 9.67. The molecule has 0 aliphatic heterocycles. The molecule has 0 radical (unpaired) electrons. The number of phosphoric ester groups is 1. The minimum absolute atomic E-state index is 0.0675. The van der Waals surface area contributed by atoms with Crippen LogP contribution in [0.4, 0.5) is 0 Å². The van der Waals surface area contributed by atoms with Crippen LogP contribution < -0.4 is 0 Å². The SMILES string of the molecule is C=CCOP(=O)(OCC=C)OC(C)Cl. The molecule has 1 atom stereocenters. The molecule has 0 aliphatic rings. The third kappa shape index (κ3) is 6.35. The summed E-state index contributed by atoms with van der Waals surface area (Å²) in [5, 5.41) is 0. The average molecular weight is 241 g/mol. The molecule has 0 bridgehead atoms. The van der Waals surface area contributed by atoms with E-state index in [1.165, 1.54) is 19.1 Å². The van der Waals surface area contributed by atoms with Crippen molar-refractivity contribution >= 4 is 19.4 Å². The Kier molecular flexibility index (Phi) is 7.15. The van der Waals surface area contributed by atoms with Crippen molar-refractivity contribution in [3.63, 3.8) is 0 Å². The quantitative estimate of drug-likeness (QED) is 0.372. The fraction of sp³-hybridized carbons (Fsp3) is 0.500. The van der Waals surface area contributed by atoms with Crippen LogP contribution in [0, 0.1) is 0 Å². The predicted octanol–water partition coefficient (Wildman–Crippen LogP) is 3.10. The molecule has 0 fully saturated rings. The second-order valence-electron chi connectivity index (χ2n) is 2.26. The topological polar surface area (TPSA) is 44.8 Å². The molecule has 0 amide bonds. The van der Waals surface area contributed by atoms with E-state index in [0.717, 1.165) is 0 Å². The molecule has 6 heteroatoms. The molecule has 0 spiro atoms. The molecule has 1 unspecified atom stereocenters. The number of phosphoric acid groups is 1. The summed E-state index contributed by atoms with van der Waals surface area (Å²) in [6.45, 7) is 8.48. The first-order chi connectivity index (χ1) is 6.54. The molecule has 0 heterocycles. The number of rotatable bonds is 8. The maximum atomic E-state index is 11.7. The van der Waals surface area contributed by atoms with E-state index in [1.54, 1.807) is 0 Å². The minimum atomic E-state index is -3.58. The summed E-state index contributed by atoms with van der Waals surface area (Å²) in [5.41, 5.74) is -0.754. The third-order valence-electron chi connectivity index (χ3n) is 0.975. The van der Waals surface area contributed by atoms with Gasteiger partial charge in [0.1, 0.15) is 5.56 Å². The number of halogens is 1. The van der Waals surface area contributed by atoms with Crippen LogP contribution in [0.15, 0.2) is 25.3 Å². The van der Waals surface area contributed by atoms with Crippen molar-refractivity contribution in [3.05, 3.63) is 25.3 Å². The van der Waals surface area contributed by atoms with Gasteiger partial charge in [0, 0.05) is 0 Å². The standard InChI is InChI=1S/C8H14ClO4P/c1-4-6-11-14(10,12-7-5-2)13-8(3)9/h4-5,8H,1-2,6-7H2,3H3. The Bertz CT molecular complexity index is 213. The van der Waals surface area contributed by atoms with Crippen molar-refractivity contribution in [2.75, 3.05) is 13.2 Å². The summed E-state index contributed by atoms with van der Waals surface area (Å²) in [6, 6.07) is 0. The molecule has 0 aromatic rings. The Morgan fingerprint density at radius 3 is 2.07 bits per heavy atom. The summed E-state index contributed by atoms with van der Waals surface area (Å²) in [5.74, 6) is 0. The van der Waals surface area contributed by atoms with Gasteiger partial charge in [-0.3, -0.25) is 13.6 Å². The molecule has 4 nitrogen and oxygen atoms in total. The molecule has 14 heavy (non-hydrogen) atoms. The molecule has 0 saturated carbocycles. The van der Waals surface area contributed by atoms with Gasteiger partial charge >= 0.3 is 7.82 Å². The Balaban J connectivity index is 4.24. The molecule has 0 aliphatic carbocycles. The summed E-state index contributed by atoms with van der Waals surface area (Å²) >= 11 is 5.51. The monoisotopic (exact) mass is 240 g/mol. The van der Waals surface area contributed by atoms with Gasteiger partial charge in [-0.1, -0.05) is 23.8 Å². The summed E-state index contributed by atoms with van der Waals surface area (Å²) < 4.78 is 26.2. The highest BCUT2D eigenvalue weighted by Crippen LogP contribution is 2.50. The average Bonchev–Trinajstić information content (AvgIpc) is 2.11. The Morgan fingerprint density at radius 1 is 1.36 bits per heavy atom. The van der Waals surface area contributed by atoms with Crippen LogP contribution in [0.3, 0.4) is 0 Å². The Hall–Kier alpha value is -0.120. The van der Waals surface area contributed by atoms with Gasteiger partial charge in [-0.2, -0.15) is 0 Å². The van der Waals surface area contributed by atoms with E-state index in [4.69, 9.17) is 25.2 Å². The van der Waals surface area contributed by atoms with Crippen molar-refractivity contribution in [3.8, 4) is 0 Å². The lowest BCUT2D eigenvalue weighted by molar-refractivity contribution is 0.125. The van der Waals surface area contributed by atoms with Gasteiger partial charge in [-0.25, -0.2) is 4.57 Å². The van der Waals surface area contributed by atoms with E-state index in [1.807, 2.05) is 0 Å². The Morgan fingerprint density at radius 2 is 1.79 bits per heavy atom. The molecule has 0 saturated heterocycles. The van der Waals surface area contributed by atoms with Crippen molar-refractivity contribution in [2.24, 2.45) is 0 Å². The van der Waals surface area contributed by atoms with Gasteiger partial charge in [-0.15, -0.1) is 13.2 Å². The maximum absolute atomic E-state index is 11.7. The van der Waals surface area contributed by atoms with Crippen LogP contribution in [0.5, 0.6) is 0 Å². The van der Waals surface area contributed by atoms with Gasteiger partial charge in [0.25, 0.3) is 0 Å². The maximum Gasteiger partial charge on any atom is 0.476 e. The molecule has 0 aromatic heterocycles. The van der Waals surface area contributed by atoms with Crippen LogP contribution in [0.2, 0.25) is 0 Å². The fourth-order valence-corrected chi connectivity index (χ4v) is 1.98. The number of alkyl halides is 1. The first-order valence-electron chi connectivity index (χ1n) is 3.97. The Labute approximate surface area is 89.1 Å². The number of hydrogen-bond donors (Lipinski definition) is 0. The largest absolute Gasteiger partial charge is 0.476 e. The molecule has 0 N–H and O–H groups in total. The van der Waals surface area contributed by atoms with Gasteiger partial charge in [0.15, 0.2) is 0 Å². The minimum Gasteiger partial charge on any atom is -0.283 e. The van der Waals surface area contributed by atoms with Gasteiger partial charge in [0.05, 0.1) is 13.2 Å². The molecule has 0 aromatic carbocycles. The normalized spacial score (nSPS) is 13.6. The predicted molar refractivity (Wildman–Crippen MR) is 56.3 cm³/mol. The molecule has 0 rings (SSSR count). The third-order valence-corrected chi connectivity index (χ3v) is 2.69. The van der Waals surface area contributed by atoms with Crippen LogP contribution in [0.1, 0.15) is 6.92 Å². The highest BCUT2D eigenvalue weighted by Gasteiger charge is 2.27. The van der Waals surface area contributed by atoms with E-state index in [2.05, 4.69) is 13.2 Å². The highest BCUT2D eigenvalue weighted by molar-refractivity contribution is 7.48. The number of hydrogen-bond acceptors (Lipinski definition) is 4. The van der Waals surface area contributed by atoms with Gasteiger partial charge < -0.3 is 0 Å². The van der Waals surface area contributed by atoms with E-state index in [-0.39, 0.29) is 13.2 Å². The van der Waals surface area contributed by atoms with Gasteiger partial charge in [0.2, 0.25) is 0 Å². The summed E-state index contributed by atoms with van der Waals surface area (Å²) in [7, 11) is -3.58. The zero-order chi connectivity index (χ0) is 11.0.